The van der Waals surface area contributed by atoms with E-state index in [9.17, 15) is 9.59 Å². The zero-order chi connectivity index (χ0) is 19.3. The minimum absolute atomic E-state index is 0.243. The van der Waals surface area contributed by atoms with Crippen molar-refractivity contribution in [1.82, 2.24) is 0 Å². The Labute approximate surface area is 154 Å². The summed E-state index contributed by atoms with van der Waals surface area (Å²) in [6.07, 6.45) is 1.32. The van der Waals surface area contributed by atoms with Crippen LogP contribution >= 0.6 is 0 Å². The van der Waals surface area contributed by atoms with Crippen LogP contribution in [0.1, 0.15) is 45.7 Å². The van der Waals surface area contributed by atoms with Gasteiger partial charge in [-0.15, -0.1) is 0 Å². The summed E-state index contributed by atoms with van der Waals surface area (Å²) < 4.78 is 10.4. The molecule has 2 aromatic rings. The molecule has 0 aliphatic heterocycles. The van der Waals surface area contributed by atoms with E-state index < -0.39 is 11.9 Å². The number of carbonyl (C=O) groups excluding carboxylic acids is 2. The smallest absolute Gasteiger partial charge is 0.344 e. The Bertz CT molecular complexity index is 797. The van der Waals surface area contributed by atoms with Gasteiger partial charge in [-0.2, -0.15) is 0 Å². The molecule has 0 amide bonds. The molecular weight excluding hydrogens is 330 g/mol. The molecule has 2 rings (SSSR count). The van der Waals surface area contributed by atoms with E-state index in [1.54, 1.807) is 30.3 Å². The molecule has 2 aromatic carbocycles. The first-order valence-electron chi connectivity index (χ1n) is 8.66. The molecule has 0 heterocycles. The summed E-state index contributed by atoms with van der Waals surface area (Å²) in [6.45, 7) is 3.98. The van der Waals surface area contributed by atoms with Crippen LogP contribution in [-0.2, 0) is 17.6 Å². The Morgan fingerprint density at radius 2 is 1.65 bits per heavy atom. The van der Waals surface area contributed by atoms with Crippen LogP contribution < -0.4 is 9.64 Å². The summed E-state index contributed by atoms with van der Waals surface area (Å²) in [7, 11) is 5.17. The molecule has 138 valence electrons. The zero-order valence-corrected chi connectivity index (χ0v) is 16.0. The van der Waals surface area contributed by atoms with Crippen molar-refractivity contribution in [2.75, 3.05) is 26.1 Å². The lowest BCUT2D eigenvalue weighted by molar-refractivity contribution is 0.0587. The highest BCUT2D eigenvalue weighted by Crippen LogP contribution is 2.32. The van der Waals surface area contributed by atoms with E-state index in [1.807, 2.05) is 38.9 Å². The molecular formula is C21H25NO4. The van der Waals surface area contributed by atoms with E-state index in [1.165, 1.54) is 7.11 Å². The first kappa shape index (κ1) is 19.5. The molecule has 0 spiro atoms. The van der Waals surface area contributed by atoms with Crippen LogP contribution in [0.25, 0.3) is 0 Å². The maximum atomic E-state index is 13.0. The maximum Gasteiger partial charge on any atom is 0.344 e. The molecule has 0 aliphatic carbocycles. The molecule has 0 unspecified atom stereocenters. The van der Waals surface area contributed by atoms with Crippen LogP contribution in [0.5, 0.6) is 5.75 Å². The Morgan fingerprint density at radius 1 is 1.00 bits per heavy atom. The molecule has 0 bridgehead atoms. The number of para-hydroxylation sites is 1. The number of methoxy groups -OCH3 is 1. The zero-order valence-electron chi connectivity index (χ0n) is 16.0. The van der Waals surface area contributed by atoms with E-state index in [0.29, 0.717) is 12.2 Å². The second kappa shape index (κ2) is 8.52. The van der Waals surface area contributed by atoms with Gasteiger partial charge in [-0.1, -0.05) is 32.0 Å². The molecule has 26 heavy (non-hydrogen) atoms. The van der Waals surface area contributed by atoms with Crippen LogP contribution in [0.3, 0.4) is 0 Å². The first-order chi connectivity index (χ1) is 12.4. The van der Waals surface area contributed by atoms with Gasteiger partial charge < -0.3 is 14.4 Å². The number of esters is 2. The van der Waals surface area contributed by atoms with E-state index in [4.69, 9.17) is 9.47 Å². The van der Waals surface area contributed by atoms with E-state index in [-0.39, 0.29) is 11.1 Å². The average molecular weight is 355 g/mol. The van der Waals surface area contributed by atoms with Crippen molar-refractivity contribution in [3.8, 4) is 5.75 Å². The Kier molecular flexibility index (Phi) is 6.39. The normalized spacial score (nSPS) is 10.3. The van der Waals surface area contributed by atoms with Gasteiger partial charge in [-0.3, -0.25) is 0 Å². The minimum Gasteiger partial charge on any atom is -0.465 e. The predicted molar refractivity (Wildman–Crippen MR) is 102 cm³/mol. The fourth-order valence-electron chi connectivity index (χ4n) is 3.11. The van der Waals surface area contributed by atoms with E-state index in [0.717, 1.165) is 23.2 Å². The highest BCUT2D eigenvalue weighted by Gasteiger charge is 2.27. The topological polar surface area (TPSA) is 55.8 Å². The molecule has 5 heteroatoms. The van der Waals surface area contributed by atoms with E-state index >= 15 is 0 Å². The van der Waals surface area contributed by atoms with Gasteiger partial charge in [0.1, 0.15) is 5.75 Å². The van der Waals surface area contributed by atoms with Gasteiger partial charge in [0.05, 0.1) is 18.2 Å². The van der Waals surface area contributed by atoms with Gasteiger partial charge >= 0.3 is 11.9 Å². The lowest BCUT2D eigenvalue weighted by Gasteiger charge is -2.24. The number of aryl methyl sites for hydroxylation is 1. The van der Waals surface area contributed by atoms with Crippen molar-refractivity contribution < 1.29 is 19.1 Å². The third-order valence-electron chi connectivity index (χ3n) is 4.22. The summed E-state index contributed by atoms with van der Waals surface area (Å²) in [6, 6.07) is 10.6. The highest BCUT2D eigenvalue weighted by molar-refractivity contribution is 6.06. The number of hydrogen-bond donors (Lipinski definition) is 0. The van der Waals surface area contributed by atoms with Crippen LogP contribution in [0.4, 0.5) is 5.69 Å². The standard InChI is InChI=1S/C21H25NO4/c1-6-14-13-17(20(23)25-5)18(16(7-2)19(14)22(3)4)21(24)26-15-11-9-8-10-12-15/h8-13H,6-7H2,1-5H3. The largest absolute Gasteiger partial charge is 0.465 e. The van der Waals surface area contributed by atoms with Crippen molar-refractivity contribution in [3.05, 3.63) is 58.7 Å². The van der Waals surface area contributed by atoms with Crippen molar-refractivity contribution >= 4 is 17.6 Å². The van der Waals surface area contributed by atoms with Gasteiger partial charge in [0.2, 0.25) is 0 Å². The van der Waals surface area contributed by atoms with Gasteiger partial charge in [0, 0.05) is 19.8 Å². The summed E-state index contributed by atoms with van der Waals surface area (Å²) >= 11 is 0. The lowest BCUT2D eigenvalue weighted by atomic mass is 9.91. The summed E-state index contributed by atoms with van der Waals surface area (Å²) in [5.41, 5.74) is 3.23. The Morgan fingerprint density at radius 3 is 2.15 bits per heavy atom. The number of nitrogens with zero attached hydrogens (tertiary/aromatic N) is 1. The number of anilines is 1. The lowest BCUT2D eigenvalue weighted by Crippen LogP contribution is -2.22. The monoisotopic (exact) mass is 355 g/mol. The predicted octanol–water partition coefficient (Wildman–Crippen LogP) is 3.88. The van der Waals surface area contributed by atoms with Crippen LogP contribution in [-0.4, -0.2) is 33.1 Å². The van der Waals surface area contributed by atoms with Gasteiger partial charge in [-0.05, 0) is 42.2 Å². The molecule has 0 aliphatic rings. The Hall–Kier alpha value is -2.82. The fraction of sp³-hybridized carbons (Fsp3) is 0.333. The molecule has 0 aromatic heterocycles. The molecule has 5 nitrogen and oxygen atoms in total. The fourth-order valence-corrected chi connectivity index (χ4v) is 3.11. The first-order valence-corrected chi connectivity index (χ1v) is 8.66. The SMILES string of the molecule is CCc1cc(C(=O)OC)c(C(=O)Oc2ccccc2)c(CC)c1N(C)C. The van der Waals surface area contributed by atoms with Crippen LogP contribution in [0.2, 0.25) is 0 Å². The second-order valence-corrected chi connectivity index (χ2v) is 6.08. The minimum atomic E-state index is -0.556. The molecule has 0 N–H and O–H groups in total. The van der Waals surface area contributed by atoms with Crippen molar-refractivity contribution in [2.24, 2.45) is 0 Å². The molecule has 0 radical (unpaired) electrons. The van der Waals surface area contributed by atoms with Gasteiger partial charge in [0.15, 0.2) is 0 Å². The molecule has 0 saturated heterocycles. The van der Waals surface area contributed by atoms with Crippen molar-refractivity contribution in [1.29, 1.82) is 0 Å². The van der Waals surface area contributed by atoms with Gasteiger partial charge in [-0.25, -0.2) is 9.59 Å². The van der Waals surface area contributed by atoms with Crippen LogP contribution in [0.15, 0.2) is 36.4 Å². The van der Waals surface area contributed by atoms with Gasteiger partial charge in [0.25, 0.3) is 0 Å². The van der Waals surface area contributed by atoms with Crippen LogP contribution in [0, 0.1) is 0 Å². The van der Waals surface area contributed by atoms with Crippen molar-refractivity contribution in [2.45, 2.75) is 26.7 Å². The number of carbonyl (C=O) groups is 2. The molecule has 0 fully saturated rings. The Balaban J connectivity index is 2.69. The quantitative estimate of drug-likeness (QED) is 0.581. The number of rotatable bonds is 6. The van der Waals surface area contributed by atoms with Crippen molar-refractivity contribution in [3.63, 3.8) is 0 Å². The van der Waals surface area contributed by atoms with E-state index in [2.05, 4.69) is 0 Å². The molecule has 0 atom stereocenters. The summed E-state index contributed by atoms with van der Waals surface area (Å²) in [5.74, 6) is -0.666. The average Bonchev–Trinajstić information content (AvgIpc) is 2.65. The summed E-state index contributed by atoms with van der Waals surface area (Å²) in [5, 5.41) is 0. The number of benzene rings is 2. The third kappa shape index (κ3) is 3.87. The molecule has 0 saturated carbocycles. The third-order valence-corrected chi connectivity index (χ3v) is 4.22. The maximum absolute atomic E-state index is 13.0. The number of ether oxygens (including phenoxy) is 2. The highest BCUT2D eigenvalue weighted by atomic mass is 16.5. The summed E-state index contributed by atoms with van der Waals surface area (Å²) in [4.78, 5) is 27.3. The second-order valence-electron chi connectivity index (χ2n) is 6.08. The number of hydrogen-bond acceptors (Lipinski definition) is 5.